The minimum absolute atomic E-state index is 0.103. The summed E-state index contributed by atoms with van der Waals surface area (Å²) in [6.45, 7) is 2.38. The first-order chi connectivity index (χ1) is 13.8. The normalized spacial score (nSPS) is 21.1. The second-order valence-corrected chi connectivity index (χ2v) is 9.58. The molecular formula is C19H22FN5O3S. The molecule has 0 saturated heterocycles. The lowest BCUT2D eigenvalue weighted by Gasteiger charge is -2.16. The molecule has 8 nitrogen and oxygen atoms in total. The van der Waals surface area contributed by atoms with Gasteiger partial charge in [-0.25, -0.2) is 23.2 Å². The number of rotatable bonds is 2. The standard InChI is InChI=1S/C19H22FN5O3S/c1-10-9-25-18(28-10)15(8-22-25)29(21,27)24-19(26)23-17-13-6-2-4-11(13)16(20)12-5-3-7-14(12)17/h8,10H,2-7,9H2,1H3,(H3,21,23,24,26,27)/t10-,29+/m0/s1. The maximum atomic E-state index is 14.8. The highest BCUT2D eigenvalue weighted by molar-refractivity contribution is 7.91. The van der Waals surface area contributed by atoms with Crippen molar-refractivity contribution in [1.29, 1.82) is 0 Å². The fraction of sp³-hybridized carbons (Fsp3) is 0.474. The third-order valence-electron chi connectivity index (χ3n) is 5.84. The lowest BCUT2D eigenvalue weighted by Crippen LogP contribution is -2.19. The van der Waals surface area contributed by atoms with Gasteiger partial charge >= 0.3 is 6.03 Å². The van der Waals surface area contributed by atoms with Crippen molar-refractivity contribution in [1.82, 2.24) is 9.78 Å². The number of amides is 2. The average molecular weight is 419 g/mol. The van der Waals surface area contributed by atoms with E-state index in [4.69, 9.17) is 9.88 Å². The molecule has 3 N–H and O–H groups in total. The van der Waals surface area contributed by atoms with Crippen LogP contribution in [0.15, 0.2) is 15.5 Å². The Kier molecular flexibility index (Phi) is 4.18. The fourth-order valence-electron chi connectivity index (χ4n) is 4.62. The third-order valence-corrected chi connectivity index (χ3v) is 7.18. The molecule has 3 aliphatic rings. The molecule has 2 heterocycles. The lowest BCUT2D eigenvalue weighted by molar-refractivity contribution is 0.248. The van der Waals surface area contributed by atoms with Gasteiger partial charge in [0.15, 0.2) is 9.92 Å². The number of hydrogen-bond donors (Lipinski definition) is 2. The number of carbonyl (C=O) groups is 1. The topological polar surface area (TPSA) is 112 Å². The summed E-state index contributed by atoms with van der Waals surface area (Å²) in [5.41, 5.74) is 3.66. The van der Waals surface area contributed by atoms with Crippen molar-refractivity contribution in [2.75, 3.05) is 5.32 Å². The van der Waals surface area contributed by atoms with Crippen LogP contribution in [-0.4, -0.2) is 26.1 Å². The fourth-order valence-corrected chi connectivity index (χ4v) is 5.61. The van der Waals surface area contributed by atoms with E-state index in [1.807, 2.05) is 6.92 Å². The Bertz CT molecular complexity index is 1130. The van der Waals surface area contributed by atoms with Crippen LogP contribution in [0.25, 0.3) is 0 Å². The van der Waals surface area contributed by atoms with Gasteiger partial charge in [-0.1, -0.05) is 0 Å². The van der Waals surface area contributed by atoms with Crippen molar-refractivity contribution >= 4 is 21.6 Å². The van der Waals surface area contributed by atoms with E-state index < -0.39 is 15.9 Å². The number of benzene rings is 1. The average Bonchev–Trinajstić information content (AvgIpc) is 3.40. The molecule has 0 spiro atoms. The zero-order valence-electron chi connectivity index (χ0n) is 16.0. The summed E-state index contributed by atoms with van der Waals surface area (Å²) in [7, 11) is -3.54. The molecule has 0 fully saturated rings. The summed E-state index contributed by atoms with van der Waals surface area (Å²) in [6, 6.07) is -0.807. The molecule has 5 rings (SSSR count). The quantitative estimate of drug-likeness (QED) is 0.779. The molecule has 2 atom stereocenters. The molecule has 10 heteroatoms. The molecule has 0 radical (unpaired) electrons. The summed E-state index contributed by atoms with van der Waals surface area (Å²) in [5.74, 6) is 0.161. The first-order valence-corrected chi connectivity index (χ1v) is 11.4. The van der Waals surface area contributed by atoms with Gasteiger partial charge in [0.05, 0.1) is 12.7 Å². The molecule has 2 amide bonds. The number of carbonyl (C=O) groups excluding carboxylic acids is 1. The van der Waals surface area contributed by atoms with Gasteiger partial charge in [-0.15, -0.1) is 4.36 Å². The Morgan fingerprint density at radius 1 is 1.28 bits per heavy atom. The van der Waals surface area contributed by atoms with Crippen molar-refractivity contribution in [3.63, 3.8) is 0 Å². The van der Waals surface area contributed by atoms with Crippen LogP contribution in [0.1, 0.15) is 42.0 Å². The smallest absolute Gasteiger partial charge is 0.354 e. The monoisotopic (exact) mass is 419 g/mol. The third kappa shape index (κ3) is 2.93. The molecule has 0 bridgehead atoms. The van der Waals surface area contributed by atoms with E-state index in [0.29, 0.717) is 49.0 Å². The van der Waals surface area contributed by atoms with E-state index in [0.717, 1.165) is 24.0 Å². The number of anilines is 1. The Balaban J connectivity index is 1.50. The first kappa shape index (κ1) is 18.6. The summed E-state index contributed by atoms with van der Waals surface area (Å²) >= 11 is 0. The number of nitrogens with one attached hydrogen (secondary N) is 1. The molecule has 1 aromatic carbocycles. The van der Waals surface area contributed by atoms with Crippen molar-refractivity contribution < 1.29 is 18.1 Å². The Labute approximate surface area is 167 Å². The van der Waals surface area contributed by atoms with Crippen LogP contribution in [-0.2, 0) is 42.1 Å². The summed E-state index contributed by atoms with van der Waals surface area (Å²) < 4.78 is 38.7. The number of urea groups is 1. The number of hydrogen-bond acceptors (Lipinski definition) is 4. The van der Waals surface area contributed by atoms with Gasteiger partial charge in [0, 0.05) is 5.69 Å². The Hall–Kier alpha value is -2.46. The molecule has 1 aliphatic heterocycles. The zero-order valence-corrected chi connectivity index (χ0v) is 16.9. The predicted molar refractivity (Wildman–Crippen MR) is 105 cm³/mol. The largest absolute Gasteiger partial charge is 0.472 e. The van der Waals surface area contributed by atoms with Gasteiger partial charge in [-0.2, -0.15) is 5.10 Å². The number of nitrogens with zero attached hydrogens (tertiary/aromatic N) is 3. The highest BCUT2D eigenvalue weighted by Crippen LogP contribution is 2.41. The molecule has 29 heavy (non-hydrogen) atoms. The van der Waals surface area contributed by atoms with Crippen LogP contribution in [0.5, 0.6) is 5.88 Å². The Morgan fingerprint density at radius 3 is 2.55 bits per heavy atom. The molecular weight excluding hydrogens is 397 g/mol. The van der Waals surface area contributed by atoms with Crippen LogP contribution < -0.4 is 15.2 Å². The van der Waals surface area contributed by atoms with E-state index >= 15 is 0 Å². The minimum atomic E-state index is -3.54. The number of fused-ring (bicyclic) bond motifs is 3. The number of halogens is 1. The number of ether oxygens (including phenoxy) is 1. The number of nitrogens with two attached hydrogens (primary N) is 1. The van der Waals surface area contributed by atoms with Crippen molar-refractivity contribution in [2.24, 2.45) is 9.50 Å². The second-order valence-electron chi connectivity index (χ2n) is 7.82. The van der Waals surface area contributed by atoms with Crippen molar-refractivity contribution in [2.45, 2.75) is 63.0 Å². The second kappa shape index (κ2) is 6.53. The van der Waals surface area contributed by atoms with Crippen LogP contribution in [0.2, 0.25) is 0 Å². The summed E-state index contributed by atoms with van der Waals surface area (Å²) in [6.07, 6.45) is 5.65. The van der Waals surface area contributed by atoms with Crippen LogP contribution >= 0.6 is 0 Å². The van der Waals surface area contributed by atoms with E-state index in [9.17, 15) is 13.4 Å². The van der Waals surface area contributed by atoms with Gasteiger partial charge in [0.2, 0.25) is 5.88 Å². The molecule has 2 aliphatic carbocycles. The molecule has 0 saturated carbocycles. The molecule has 154 valence electrons. The van der Waals surface area contributed by atoms with Gasteiger partial charge in [0.25, 0.3) is 0 Å². The Morgan fingerprint density at radius 2 is 1.90 bits per heavy atom. The zero-order chi connectivity index (χ0) is 20.3. The van der Waals surface area contributed by atoms with Gasteiger partial charge in [0.1, 0.15) is 16.8 Å². The molecule has 1 aromatic heterocycles. The van der Waals surface area contributed by atoms with Crippen LogP contribution in [0, 0.1) is 5.82 Å². The highest BCUT2D eigenvalue weighted by Gasteiger charge is 2.31. The molecule has 0 unspecified atom stereocenters. The SMILES string of the molecule is C[C@H]1Cn2ncc([S@](N)(=O)=NC(=O)Nc3c4c(c(F)c5c3CCC5)CCC4)c2O1. The maximum absolute atomic E-state index is 14.8. The lowest BCUT2D eigenvalue weighted by atomic mass is 9.98. The van der Waals surface area contributed by atoms with E-state index in [2.05, 4.69) is 14.8 Å². The van der Waals surface area contributed by atoms with Crippen LogP contribution in [0.3, 0.4) is 0 Å². The van der Waals surface area contributed by atoms with Gasteiger partial charge < -0.3 is 10.1 Å². The van der Waals surface area contributed by atoms with Crippen molar-refractivity contribution in [3.05, 3.63) is 34.3 Å². The van der Waals surface area contributed by atoms with Crippen LogP contribution in [0.4, 0.5) is 14.9 Å². The van der Waals surface area contributed by atoms with Gasteiger partial charge in [-0.3, -0.25) is 0 Å². The number of aromatic nitrogens is 2. The maximum Gasteiger partial charge on any atom is 0.354 e. The first-order valence-electron chi connectivity index (χ1n) is 9.78. The highest BCUT2D eigenvalue weighted by atomic mass is 32.2. The predicted octanol–water partition coefficient (Wildman–Crippen LogP) is 2.71. The molecule has 2 aromatic rings. The van der Waals surface area contributed by atoms with E-state index in [1.54, 1.807) is 4.68 Å². The minimum Gasteiger partial charge on any atom is -0.472 e. The van der Waals surface area contributed by atoms with Gasteiger partial charge in [-0.05, 0) is 67.7 Å². The van der Waals surface area contributed by atoms with E-state index in [1.165, 1.54) is 6.20 Å². The summed E-state index contributed by atoms with van der Waals surface area (Å²) in [5, 5.41) is 12.8. The van der Waals surface area contributed by atoms with Crippen molar-refractivity contribution in [3.8, 4) is 5.88 Å². The summed E-state index contributed by atoms with van der Waals surface area (Å²) in [4.78, 5) is 12.8. The van der Waals surface area contributed by atoms with E-state index in [-0.39, 0.29) is 22.7 Å².